The highest BCUT2D eigenvalue weighted by Gasteiger charge is 2.30. The SMILES string of the molecule is CCCCC(CC)COC(=O)C(Br)CC(CC(Br)c1ccccc1)C(=O)OCC(CC)CCCC. The molecule has 5 atom stereocenters. The van der Waals surface area contributed by atoms with Crippen molar-refractivity contribution in [2.75, 3.05) is 13.2 Å². The Kier molecular flexibility index (Phi) is 17.7. The summed E-state index contributed by atoms with van der Waals surface area (Å²) in [5.74, 6) is -0.169. The lowest BCUT2D eigenvalue weighted by Crippen LogP contribution is -2.29. The minimum Gasteiger partial charge on any atom is -0.465 e. The van der Waals surface area contributed by atoms with E-state index in [0.29, 0.717) is 37.9 Å². The van der Waals surface area contributed by atoms with Crippen molar-refractivity contribution in [2.45, 2.75) is 102 Å². The molecule has 4 nitrogen and oxygen atoms in total. The molecule has 0 radical (unpaired) electrons. The second kappa shape index (κ2) is 19.3. The van der Waals surface area contributed by atoms with Gasteiger partial charge in [0.1, 0.15) is 4.83 Å². The maximum Gasteiger partial charge on any atom is 0.319 e. The van der Waals surface area contributed by atoms with Crippen LogP contribution in [0.5, 0.6) is 0 Å². The van der Waals surface area contributed by atoms with Gasteiger partial charge in [0.15, 0.2) is 0 Å². The largest absolute Gasteiger partial charge is 0.465 e. The Morgan fingerprint density at radius 1 is 0.771 bits per heavy atom. The molecule has 0 N–H and O–H groups in total. The van der Waals surface area contributed by atoms with Crippen LogP contribution in [-0.2, 0) is 19.1 Å². The summed E-state index contributed by atoms with van der Waals surface area (Å²) in [6.45, 7) is 9.51. The van der Waals surface area contributed by atoms with Gasteiger partial charge in [0.05, 0.1) is 19.1 Å². The van der Waals surface area contributed by atoms with E-state index in [9.17, 15) is 9.59 Å². The molecular formula is C29H46Br2O4. The van der Waals surface area contributed by atoms with E-state index in [1.54, 1.807) is 0 Å². The smallest absolute Gasteiger partial charge is 0.319 e. The van der Waals surface area contributed by atoms with E-state index in [-0.39, 0.29) is 16.8 Å². The van der Waals surface area contributed by atoms with E-state index in [4.69, 9.17) is 9.47 Å². The first kappa shape index (κ1) is 32.1. The van der Waals surface area contributed by atoms with Crippen molar-refractivity contribution in [2.24, 2.45) is 17.8 Å². The van der Waals surface area contributed by atoms with Crippen LogP contribution < -0.4 is 0 Å². The summed E-state index contributed by atoms with van der Waals surface area (Å²) in [5.41, 5.74) is 1.11. The summed E-state index contributed by atoms with van der Waals surface area (Å²) in [6, 6.07) is 10.0. The van der Waals surface area contributed by atoms with Crippen LogP contribution in [0.2, 0.25) is 0 Å². The zero-order valence-corrected chi connectivity index (χ0v) is 25.3. The molecule has 0 saturated heterocycles. The molecule has 5 unspecified atom stereocenters. The van der Waals surface area contributed by atoms with Crippen LogP contribution >= 0.6 is 31.9 Å². The highest BCUT2D eigenvalue weighted by Crippen LogP contribution is 2.33. The average Bonchev–Trinajstić information content (AvgIpc) is 2.88. The van der Waals surface area contributed by atoms with E-state index in [1.807, 2.05) is 30.3 Å². The normalized spacial score (nSPS) is 15.6. The summed E-state index contributed by atoms with van der Waals surface area (Å²) in [4.78, 5) is 25.4. The number of alkyl halides is 2. The number of benzene rings is 1. The second-order valence-electron chi connectivity index (χ2n) is 9.61. The van der Waals surface area contributed by atoms with Crippen molar-refractivity contribution in [3.05, 3.63) is 35.9 Å². The van der Waals surface area contributed by atoms with Gasteiger partial charge in [-0.3, -0.25) is 9.59 Å². The highest BCUT2D eigenvalue weighted by atomic mass is 79.9. The Morgan fingerprint density at radius 2 is 1.29 bits per heavy atom. The molecule has 0 aliphatic rings. The van der Waals surface area contributed by atoms with Gasteiger partial charge in [0.2, 0.25) is 0 Å². The Balaban J connectivity index is 2.79. The molecule has 0 aliphatic carbocycles. The van der Waals surface area contributed by atoms with Crippen molar-refractivity contribution in [3.63, 3.8) is 0 Å². The first-order valence-electron chi connectivity index (χ1n) is 13.5. The summed E-state index contributed by atoms with van der Waals surface area (Å²) in [6.07, 6.45) is 9.60. The van der Waals surface area contributed by atoms with Gasteiger partial charge in [-0.15, -0.1) is 0 Å². The lowest BCUT2D eigenvalue weighted by molar-refractivity contribution is -0.151. The maximum atomic E-state index is 13.2. The molecule has 0 bridgehead atoms. The van der Waals surface area contributed by atoms with Crippen LogP contribution in [0.25, 0.3) is 0 Å². The molecule has 6 heteroatoms. The van der Waals surface area contributed by atoms with Crippen molar-refractivity contribution in [1.82, 2.24) is 0 Å². The molecule has 0 spiro atoms. The Bertz CT molecular complexity index is 697. The van der Waals surface area contributed by atoms with Crippen LogP contribution in [0.15, 0.2) is 30.3 Å². The van der Waals surface area contributed by atoms with Gasteiger partial charge < -0.3 is 9.47 Å². The third-order valence-electron chi connectivity index (χ3n) is 6.74. The van der Waals surface area contributed by atoms with E-state index in [0.717, 1.165) is 56.9 Å². The molecule has 1 aromatic rings. The van der Waals surface area contributed by atoms with E-state index in [1.165, 1.54) is 0 Å². The minimum absolute atomic E-state index is 0.00227. The van der Waals surface area contributed by atoms with Crippen LogP contribution in [-0.4, -0.2) is 30.0 Å². The molecule has 200 valence electrons. The average molecular weight is 618 g/mol. The summed E-state index contributed by atoms with van der Waals surface area (Å²) >= 11 is 7.27. The highest BCUT2D eigenvalue weighted by molar-refractivity contribution is 9.10. The van der Waals surface area contributed by atoms with Gasteiger partial charge in [-0.25, -0.2) is 0 Å². The Morgan fingerprint density at radius 3 is 1.77 bits per heavy atom. The molecule has 1 aromatic carbocycles. The molecule has 0 amide bonds. The number of halogens is 2. The van der Waals surface area contributed by atoms with Crippen molar-refractivity contribution < 1.29 is 19.1 Å². The van der Waals surface area contributed by atoms with Gasteiger partial charge in [-0.2, -0.15) is 0 Å². The second-order valence-corrected chi connectivity index (χ2v) is 11.8. The fourth-order valence-electron chi connectivity index (χ4n) is 4.09. The standard InChI is InChI=1S/C29H46Br2O4/c1-5-9-14-22(7-3)20-34-28(32)25(18-26(30)24-16-12-11-13-17-24)19-27(31)29(33)35-21-23(8-4)15-10-6-2/h11-13,16-17,22-23,25-27H,5-10,14-15,18-21H2,1-4H3. The molecule has 35 heavy (non-hydrogen) atoms. The zero-order valence-electron chi connectivity index (χ0n) is 22.1. The van der Waals surface area contributed by atoms with E-state index in [2.05, 4.69) is 59.6 Å². The predicted octanol–water partition coefficient (Wildman–Crippen LogP) is 8.80. The third kappa shape index (κ3) is 13.3. The number of hydrogen-bond acceptors (Lipinski definition) is 4. The number of carbonyl (C=O) groups is 2. The van der Waals surface area contributed by atoms with Gasteiger partial charge in [0, 0.05) is 4.83 Å². The van der Waals surface area contributed by atoms with Gasteiger partial charge in [0.25, 0.3) is 0 Å². The number of carbonyl (C=O) groups excluding carboxylic acids is 2. The third-order valence-corrected chi connectivity index (χ3v) is 8.39. The molecule has 1 rings (SSSR count). The topological polar surface area (TPSA) is 52.6 Å². The first-order chi connectivity index (χ1) is 16.9. The van der Waals surface area contributed by atoms with Gasteiger partial charge >= 0.3 is 11.9 Å². The predicted molar refractivity (Wildman–Crippen MR) is 152 cm³/mol. The van der Waals surface area contributed by atoms with Crippen molar-refractivity contribution >= 4 is 43.8 Å². The van der Waals surface area contributed by atoms with Crippen LogP contribution in [0, 0.1) is 17.8 Å². The lowest BCUT2D eigenvalue weighted by Gasteiger charge is -2.23. The van der Waals surface area contributed by atoms with Crippen LogP contribution in [0.4, 0.5) is 0 Å². The lowest BCUT2D eigenvalue weighted by atomic mass is 9.94. The maximum absolute atomic E-state index is 13.2. The first-order valence-corrected chi connectivity index (χ1v) is 15.3. The molecule has 0 saturated carbocycles. The Hall–Kier alpha value is -0.880. The van der Waals surface area contributed by atoms with Crippen LogP contribution in [0.3, 0.4) is 0 Å². The minimum atomic E-state index is -0.540. The molecule has 0 fully saturated rings. The number of esters is 2. The number of rotatable bonds is 19. The number of ether oxygens (including phenoxy) is 2. The van der Waals surface area contributed by atoms with Crippen molar-refractivity contribution in [1.29, 1.82) is 0 Å². The molecule has 0 heterocycles. The molecule has 0 aliphatic heterocycles. The van der Waals surface area contributed by atoms with Gasteiger partial charge in [-0.1, -0.05) is 128 Å². The van der Waals surface area contributed by atoms with E-state index >= 15 is 0 Å². The Labute approximate surface area is 230 Å². The monoisotopic (exact) mass is 616 g/mol. The van der Waals surface area contributed by atoms with Gasteiger partial charge in [-0.05, 0) is 43.1 Å². The fourth-order valence-corrected chi connectivity index (χ4v) is 5.43. The van der Waals surface area contributed by atoms with E-state index < -0.39 is 10.7 Å². The van der Waals surface area contributed by atoms with Crippen LogP contribution in [0.1, 0.15) is 102 Å². The fraction of sp³-hybridized carbons (Fsp3) is 0.724. The number of unbranched alkanes of at least 4 members (excludes halogenated alkanes) is 2. The quantitative estimate of drug-likeness (QED) is 0.115. The zero-order chi connectivity index (χ0) is 26.1. The molecule has 0 aromatic heterocycles. The van der Waals surface area contributed by atoms with Crippen molar-refractivity contribution in [3.8, 4) is 0 Å². The summed E-state index contributed by atoms with van der Waals surface area (Å²) in [7, 11) is 0. The molecular weight excluding hydrogens is 572 g/mol. The summed E-state index contributed by atoms with van der Waals surface area (Å²) in [5, 5.41) is 0. The summed E-state index contributed by atoms with van der Waals surface area (Å²) < 4.78 is 11.4. The number of hydrogen-bond donors (Lipinski definition) is 0.